The van der Waals surface area contributed by atoms with Crippen LogP contribution in [0.15, 0.2) is 146 Å². The van der Waals surface area contributed by atoms with Crippen LogP contribution in [0.1, 0.15) is 0 Å². The highest BCUT2D eigenvalue weighted by Gasteiger charge is 2.18. The second-order valence-electron chi connectivity index (χ2n) is 10.9. The van der Waals surface area contributed by atoms with Crippen molar-refractivity contribution in [3.05, 3.63) is 146 Å². The summed E-state index contributed by atoms with van der Waals surface area (Å²) in [5, 5.41) is 4.95. The van der Waals surface area contributed by atoms with Crippen LogP contribution < -0.4 is 0 Å². The Labute approximate surface area is 257 Å². The summed E-state index contributed by atoms with van der Waals surface area (Å²) < 4.78 is 4.77. The number of hydrogen-bond acceptors (Lipinski definition) is 4. The van der Waals surface area contributed by atoms with Gasteiger partial charge in [-0.3, -0.25) is 4.57 Å². The fraction of sp³-hybridized carbons (Fsp3) is 0. The standard InChI is InChI=1S/C39H24N4S/c1-2-11-26(12-3-1)37-40-38(42-39(41-37)43-33-18-7-4-13-29(33)30-14-5-8-19-34(30)43)27-23-21-25(22-24-27)28-16-10-17-32-31-15-6-9-20-35(31)44-36(28)32/h1-24H. The first kappa shape index (κ1) is 24.9. The Hall–Kier alpha value is -5.65. The number of rotatable bonds is 4. The van der Waals surface area contributed by atoms with Crippen LogP contribution in [-0.2, 0) is 0 Å². The van der Waals surface area contributed by atoms with Gasteiger partial charge in [0.1, 0.15) is 0 Å². The SMILES string of the molecule is c1ccc(-c2nc(-c3ccc(-c4cccc5c4sc4ccccc45)cc3)nc(-n3c4ccccc4c4ccccc43)n2)cc1. The van der Waals surface area contributed by atoms with Gasteiger partial charge < -0.3 is 0 Å². The number of thiophene rings is 1. The largest absolute Gasteiger partial charge is 0.278 e. The lowest BCUT2D eigenvalue weighted by Gasteiger charge is -2.11. The summed E-state index contributed by atoms with van der Waals surface area (Å²) in [4.78, 5) is 15.1. The zero-order valence-corrected chi connectivity index (χ0v) is 24.4. The molecule has 5 heteroatoms. The smallest absolute Gasteiger partial charge is 0.238 e. The van der Waals surface area contributed by atoms with Crippen molar-refractivity contribution >= 4 is 53.3 Å². The number of hydrogen-bond donors (Lipinski definition) is 0. The van der Waals surface area contributed by atoms with Crippen LogP contribution >= 0.6 is 11.3 Å². The van der Waals surface area contributed by atoms with Gasteiger partial charge in [-0.2, -0.15) is 9.97 Å². The normalized spacial score (nSPS) is 11.6. The van der Waals surface area contributed by atoms with Gasteiger partial charge in [-0.25, -0.2) is 4.98 Å². The van der Waals surface area contributed by atoms with Gasteiger partial charge in [0, 0.05) is 42.1 Å². The highest BCUT2D eigenvalue weighted by atomic mass is 32.1. The Morgan fingerprint density at radius 1 is 0.409 bits per heavy atom. The van der Waals surface area contributed by atoms with Crippen LogP contribution in [0.3, 0.4) is 0 Å². The van der Waals surface area contributed by atoms with Crippen molar-refractivity contribution in [2.45, 2.75) is 0 Å². The Bertz CT molecular complexity index is 2440. The molecule has 0 amide bonds. The summed E-state index contributed by atoms with van der Waals surface area (Å²) in [6.45, 7) is 0. The molecule has 9 aromatic rings. The molecule has 9 rings (SSSR count). The van der Waals surface area contributed by atoms with E-state index in [1.807, 2.05) is 41.7 Å². The molecule has 0 spiro atoms. The van der Waals surface area contributed by atoms with Crippen LogP contribution in [-0.4, -0.2) is 19.5 Å². The van der Waals surface area contributed by atoms with Crippen LogP contribution in [0.25, 0.3) is 81.8 Å². The Morgan fingerprint density at radius 2 is 0.955 bits per heavy atom. The van der Waals surface area contributed by atoms with Gasteiger partial charge in [0.2, 0.25) is 5.95 Å². The van der Waals surface area contributed by atoms with Gasteiger partial charge in [0.15, 0.2) is 11.6 Å². The van der Waals surface area contributed by atoms with Crippen LogP contribution in [0, 0.1) is 0 Å². The van der Waals surface area contributed by atoms with Gasteiger partial charge in [-0.1, -0.05) is 127 Å². The van der Waals surface area contributed by atoms with Gasteiger partial charge in [0.25, 0.3) is 0 Å². The van der Waals surface area contributed by atoms with Crippen LogP contribution in [0.4, 0.5) is 0 Å². The molecular weight excluding hydrogens is 557 g/mol. The molecule has 0 fully saturated rings. The number of aromatic nitrogens is 4. The maximum absolute atomic E-state index is 5.10. The summed E-state index contributed by atoms with van der Waals surface area (Å²) in [5.74, 6) is 1.89. The van der Waals surface area contributed by atoms with Crippen LogP contribution in [0.5, 0.6) is 0 Å². The second kappa shape index (κ2) is 9.97. The Kier molecular flexibility index (Phi) is 5.64. The molecule has 3 aromatic heterocycles. The van der Waals surface area contributed by atoms with E-state index in [0.29, 0.717) is 17.6 Å². The van der Waals surface area contributed by atoms with Gasteiger partial charge >= 0.3 is 0 Å². The second-order valence-corrected chi connectivity index (χ2v) is 11.9. The van der Waals surface area contributed by atoms with E-state index < -0.39 is 0 Å². The van der Waals surface area contributed by atoms with E-state index >= 15 is 0 Å². The molecule has 0 saturated carbocycles. The quantitative estimate of drug-likeness (QED) is 0.208. The van der Waals surface area contributed by atoms with E-state index in [1.54, 1.807) is 0 Å². The lowest BCUT2D eigenvalue weighted by Crippen LogP contribution is -2.06. The number of fused-ring (bicyclic) bond motifs is 6. The summed E-state index contributed by atoms with van der Waals surface area (Å²) in [6, 6.07) is 50.8. The van der Waals surface area contributed by atoms with Crippen molar-refractivity contribution in [2.75, 3.05) is 0 Å². The summed E-state index contributed by atoms with van der Waals surface area (Å²) in [5.41, 5.74) is 6.44. The molecule has 0 aliphatic heterocycles. The molecular formula is C39H24N4S. The molecule has 0 bridgehead atoms. The average molecular weight is 581 g/mol. The zero-order valence-electron chi connectivity index (χ0n) is 23.6. The fourth-order valence-corrected chi connectivity index (χ4v) is 7.46. The average Bonchev–Trinajstić information content (AvgIpc) is 3.65. The van der Waals surface area contributed by atoms with Gasteiger partial charge in [-0.15, -0.1) is 11.3 Å². The molecule has 0 saturated heterocycles. The zero-order chi connectivity index (χ0) is 29.0. The highest BCUT2D eigenvalue weighted by molar-refractivity contribution is 7.26. The molecule has 3 heterocycles. The van der Waals surface area contributed by atoms with E-state index in [0.717, 1.165) is 22.2 Å². The van der Waals surface area contributed by atoms with Crippen molar-refractivity contribution in [3.63, 3.8) is 0 Å². The third-order valence-electron chi connectivity index (χ3n) is 8.29. The van der Waals surface area contributed by atoms with E-state index in [4.69, 9.17) is 15.0 Å². The van der Waals surface area contributed by atoms with Gasteiger partial charge in [-0.05, 0) is 29.3 Å². The number of nitrogens with zero attached hydrogens (tertiary/aromatic N) is 4. The Balaban J connectivity index is 1.22. The first-order valence-corrected chi connectivity index (χ1v) is 15.4. The first-order chi connectivity index (χ1) is 21.8. The summed E-state index contributed by atoms with van der Waals surface area (Å²) in [6.07, 6.45) is 0. The minimum absolute atomic E-state index is 0.602. The molecule has 4 nitrogen and oxygen atoms in total. The van der Waals surface area contributed by atoms with Crippen molar-refractivity contribution in [3.8, 4) is 39.9 Å². The number of benzene rings is 6. The van der Waals surface area contributed by atoms with Crippen molar-refractivity contribution in [1.29, 1.82) is 0 Å². The molecule has 0 radical (unpaired) electrons. The van der Waals surface area contributed by atoms with E-state index in [-0.39, 0.29) is 0 Å². The predicted octanol–water partition coefficient (Wildman–Crippen LogP) is 10.3. The molecule has 0 aliphatic rings. The highest BCUT2D eigenvalue weighted by Crippen LogP contribution is 2.40. The third-order valence-corrected chi connectivity index (χ3v) is 9.51. The van der Waals surface area contributed by atoms with Crippen molar-refractivity contribution in [2.24, 2.45) is 0 Å². The monoisotopic (exact) mass is 580 g/mol. The van der Waals surface area contributed by atoms with Crippen LogP contribution in [0.2, 0.25) is 0 Å². The van der Waals surface area contributed by atoms with E-state index in [2.05, 4.69) is 120 Å². The maximum Gasteiger partial charge on any atom is 0.238 e. The summed E-state index contributed by atoms with van der Waals surface area (Å²) in [7, 11) is 0. The molecule has 44 heavy (non-hydrogen) atoms. The topological polar surface area (TPSA) is 43.6 Å². The molecule has 6 aromatic carbocycles. The number of para-hydroxylation sites is 2. The first-order valence-electron chi connectivity index (χ1n) is 14.6. The lowest BCUT2D eigenvalue weighted by atomic mass is 10.0. The predicted molar refractivity (Wildman–Crippen MR) is 183 cm³/mol. The maximum atomic E-state index is 5.10. The molecule has 0 unspecified atom stereocenters. The summed E-state index contributed by atoms with van der Waals surface area (Å²) >= 11 is 1.85. The fourth-order valence-electron chi connectivity index (χ4n) is 6.22. The lowest BCUT2D eigenvalue weighted by molar-refractivity contribution is 0.953. The van der Waals surface area contributed by atoms with Crippen molar-refractivity contribution in [1.82, 2.24) is 19.5 Å². The molecule has 206 valence electrons. The minimum Gasteiger partial charge on any atom is -0.278 e. The van der Waals surface area contributed by atoms with Crippen molar-refractivity contribution < 1.29 is 0 Å². The molecule has 0 atom stereocenters. The molecule has 0 N–H and O–H groups in total. The molecule has 0 aliphatic carbocycles. The minimum atomic E-state index is 0.602. The third kappa shape index (κ3) is 3.94. The van der Waals surface area contributed by atoms with E-state index in [9.17, 15) is 0 Å². The van der Waals surface area contributed by atoms with Gasteiger partial charge in [0.05, 0.1) is 11.0 Å². The van der Waals surface area contributed by atoms with E-state index in [1.165, 1.54) is 42.1 Å². The Morgan fingerprint density at radius 3 is 1.66 bits per heavy atom.